The SMILES string of the molecule is CCOC(=O)Cc1nc(C)cc(C(F)F)c1F. The van der Waals surface area contributed by atoms with E-state index in [2.05, 4.69) is 9.72 Å². The third-order valence-electron chi connectivity index (χ3n) is 2.03. The van der Waals surface area contributed by atoms with Crippen molar-refractivity contribution in [2.24, 2.45) is 0 Å². The molecule has 0 aliphatic rings. The molecule has 3 nitrogen and oxygen atoms in total. The van der Waals surface area contributed by atoms with E-state index in [9.17, 15) is 18.0 Å². The summed E-state index contributed by atoms with van der Waals surface area (Å²) in [6.07, 6.45) is -3.38. The van der Waals surface area contributed by atoms with Gasteiger partial charge < -0.3 is 4.74 Å². The molecule has 0 aliphatic heterocycles. The van der Waals surface area contributed by atoms with Crippen molar-refractivity contribution >= 4 is 5.97 Å². The third kappa shape index (κ3) is 3.44. The lowest BCUT2D eigenvalue weighted by atomic mass is 10.1. The topological polar surface area (TPSA) is 39.2 Å². The summed E-state index contributed by atoms with van der Waals surface area (Å²) >= 11 is 0. The highest BCUT2D eigenvalue weighted by atomic mass is 19.3. The molecule has 0 unspecified atom stereocenters. The summed E-state index contributed by atoms with van der Waals surface area (Å²) in [6.45, 7) is 3.20. The highest BCUT2D eigenvalue weighted by molar-refractivity contribution is 5.72. The fourth-order valence-electron chi connectivity index (χ4n) is 1.37. The van der Waals surface area contributed by atoms with Crippen molar-refractivity contribution < 1.29 is 22.7 Å². The Morgan fingerprint density at radius 1 is 1.53 bits per heavy atom. The zero-order chi connectivity index (χ0) is 13.0. The lowest BCUT2D eigenvalue weighted by Crippen LogP contribution is -2.12. The van der Waals surface area contributed by atoms with Crippen LogP contribution >= 0.6 is 0 Å². The Morgan fingerprint density at radius 3 is 2.71 bits per heavy atom. The van der Waals surface area contributed by atoms with E-state index in [4.69, 9.17) is 0 Å². The molecule has 1 aromatic heterocycles. The van der Waals surface area contributed by atoms with Crippen LogP contribution in [0.15, 0.2) is 6.07 Å². The van der Waals surface area contributed by atoms with Crippen molar-refractivity contribution in [1.29, 1.82) is 0 Å². The van der Waals surface area contributed by atoms with Crippen LogP contribution in [0.3, 0.4) is 0 Å². The van der Waals surface area contributed by atoms with Gasteiger partial charge in [-0.15, -0.1) is 0 Å². The number of pyridine rings is 1. The molecule has 1 heterocycles. The zero-order valence-electron chi connectivity index (χ0n) is 9.47. The molecular weight excluding hydrogens is 235 g/mol. The highest BCUT2D eigenvalue weighted by Crippen LogP contribution is 2.24. The van der Waals surface area contributed by atoms with Crippen LogP contribution in [0.25, 0.3) is 0 Å². The molecule has 0 amide bonds. The van der Waals surface area contributed by atoms with Crippen LogP contribution in [0.1, 0.15) is 30.3 Å². The number of hydrogen-bond acceptors (Lipinski definition) is 3. The lowest BCUT2D eigenvalue weighted by molar-refractivity contribution is -0.142. The molecule has 0 radical (unpaired) electrons. The number of carbonyl (C=O) groups excluding carboxylic acids is 1. The molecular formula is C11H12F3NO2. The standard InChI is InChI=1S/C11H12F3NO2/c1-3-17-9(16)5-8-10(12)7(11(13)14)4-6(2)15-8/h4,11H,3,5H2,1-2H3. The van der Waals surface area contributed by atoms with E-state index in [1.807, 2.05) is 0 Å². The summed E-state index contributed by atoms with van der Waals surface area (Å²) in [5.41, 5.74) is -0.809. The first-order chi connectivity index (χ1) is 7.95. The minimum Gasteiger partial charge on any atom is -0.466 e. The van der Waals surface area contributed by atoms with E-state index < -0.39 is 30.2 Å². The quantitative estimate of drug-likeness (QED) is 0.767. The third-order valence-corrected chi connectivity index (χ3v) is 2.03. The number of aryl methyl sites for hydroxylation is 1. The number of carbonyl (C=O) groups is 1. The van der Waals surface area contributed by atoms with Crippen molar-refractivity contribution in [3.8, 4) is 0 Å². The van der Waals surface area contributed by atoms with Crippen molar-refractivity contribution in [3.05, 3.63) is 28.8 Å². The molecule has 0 atom stereocenters. The van der Waals surface area contributed by atoms with Crippen molar-refractivity contribution in [3.63, 3.8) is 0 Å². The normalized spacial score (nSPS) is 10.7. The average molecular weight is 247 g/mol. The van der Waals surface area contributed by atoms with Crippen LogP contribution in [0.5, 0.6) is 0 Å². The van der Waals surface area contributed by atoms with Gasteiger partial charge >= 0.3 is 5.97 Å². The molecule has 0 saturated carbocycles. The number of ether oxygens (including phenoxy) is 1. The minimum absolute atomic E-state index is 0.147. The summed E-state index contributed by atoms with van der Waals surface area (Å²) in [5.74, 6) is -1.83. The molecule has 1 rings (SSSR count). The molecule has 0 aromatic carbocycles. The number of hydrogen-bond donors (Lipinski definition) is 0. The van der Waals surface area contributed by atoms with Gasteiger partial charge in [0.2, 0.25) is 0 Å². The van der Waals surface area contributed by atoms with E-state index in [1.54, 1.807) is 6.92 Å². The van der Waals surface area contributed by atoms with E-state index >= 15 is 0 Å². The number of rotatable bonds is 4. The first kappa shape index (κ1) is 13.5. The fourth-order valence-corrected chi connectivity index (χ4v) is 1.37. The largest absolute Gasteiger partial charge is 0.466 e. The summed E-state index contributed by atoms with van der Waals surface area (Å²) in [5, 5.41) is 0. The zero-order valence-corrected chi connectivity index (χ0v) is 9.47. The smallest absolute Gasteiger partial charge is 0.311 e. The second kappa shape index (κ2) is 5.65. The van der Waals surface area contributed by atoms with E-state index in [0.29, 0.717) is 0 Å². The van der Waals surface area contributed by atoms with Gasteiger partial charge in [0.25, 0.3) is 6.43 Å². The number of alkyl halides is 2. The monoisotopic (exact) mass is 247 g/mol. The maximum atomic E-state index is 13.6. The van der Waals surface area contributed by atoms with Crippen molar-refractivity contribution in [1.82, 2.24) is 4.98 Å². The highest BCUT2D eigenvalue weighted by Gasteiger charge is 2.20. The fraction of sp³-hybridized carbons (Fsp3) is 0.455. The Morgan fingerprint density at radius 2 is 2.18 bits per heavy atom. The molecule has 17 heavy (non-hydrogen) atoms. The molecule has 0 N–H and O–H groups in total. The van der Waals surface area contributed by atoms with E-state index in [-0.39, 0.29) is 18.0 Å². The second-order valence-corrected chi connectivity index (χ2v) is 3.40. The lowest BCUT2D eigenvalue weighted by Gasteiger charge is -2.08. The summed E-state index contributed by atoms with van der Waals surface area (Å²) in [6, 6.07) is 0.967. The molecule has 0 bridgehead atoms. The van der Waals surface area contributed by atoms with Crippen LogP contribution < -0.4 is 0 Å². The Hall–Kier alpha value is -1.59. The molecule has 94 valence electrons. The Balaban J connectivity index is 3.03. The maximum Gasteiger partial charge on any atom is 0.311 e. The van der Waals surface area contributed by atoms with Gasteiger partial charge in [-0.2, -0.15) is 0 Å². The number of esters is 1. The van der Waals surface area contributed by atoms with Crippen molar-refractivity contribution in [2.75, 3.05) is 6.61 Å². The Bertz CT molecular complexity index is 421. The first-order valence-corrected chi connectivity index (χ1v) is 5.05. The maximum absolute atomic E-state index is 13.6. The summed E-state index contributed by atoms with van der Waals surface area (Å²) in [7, 11) is 0. The molecule has 0 spiro atoms. The van der Waals surface area contributed by atoms with Gasteiger partial charge in [0.1, 0.15) is 0 Å². The second-order valence-electron chi connectivity index (χ2n) is 3.40. The molecule has 6 heteroatoms. The average Bonchev–Trinajstić information content (AvgIpc) is 2.22. The Labute approximate surface area is 96.6 Å². The molecule has 0 aliphatic carbocycles. The number of nitrogens with zero attached hydrogens (tertiary/aromatic N) is 1. The van der Waals surface area contributed by atoms with Gasteiger partial charge in [0.15, 0.2) is 5.82 Å². The molecule has 1 aromatic rings. The van der Waals surface area contributed by atoms with Gasteiger partial charge in [-0.3, -0.25) is 9.78 Å². The van der Waals surface area contributed by atoms with Gasteiger partial charge in [0, 0.05) is 5.69 Å². The van der Waals surface area contributed by atoms with Crippen LogP contribution in [-0.2, 0) is 16.0 Å². The predicted octanol–water partition coefficient (Wildman–Crippen LogP) is 2.57. The van der Waals surface area contributed by atoms with Gasteiger partial charge in [-0.1, -0.05) is 0 Å². The number of halogens is 3. The predicted molar refractivity (Wildman–Crippen MR) is 54.2 cm³/mol. The van der Waals surface area contributed by atoms with Gasteiger partial charge in [0.05, 0.1) is 24.3 Å². The van der Waals surface area contributed by atoms with Crippen LogP contribution in [0, 0.1) is 12.7 Å². The minimum atomic E-state index is -2.93. The van der Waals surface area contributed by atoms with Crippen LogP contribution in [0.4, 0.5) is 13.2 Å². The molecule has 0 fully saturated rings. The summed E-state index contributed by atoms with van der Waals surface area (Å²) < 4.78 is 43.1. The summed E-state index contributed by atoms with van der Waals surface area (Å²) in [4.78, 5) is 14.9. The van der Waals surface area contributed by atoms with E-state index in [1.165, 1.54) is 6.92 Å². The first-order valence-electron chi connectivity index (χ1n) is 5.05. The van der Waals surface area contributed by atoms with Gasteiger partial charge in [-0.05, 0) is 19.9 Å². The molecule has 0 saturated heterocycles. The van der Waals surface area contributed by atoms with E-state index in [0.717, 1.165) is 6.07 Å². The number of aromatic nitrogens is 1. The van der Waals surface area contributed by atoms with Crippen LogP contribution in [0.2, 0.25) is 0 Å². The Kier molecular flexibility index (Phi) is 4.48. The van der Waals surface area contributed by atoms with Gasteiger partial charge in [-0.25, -0.2) is 13.2 Å². The van der Waals surface area contributed by atoms with Crippen molar-refractivity contribution in [2.45, 2.75) is 26.7 Å². The van der Waals surface area contributed by atoms with Crippen LogP contribution in [-0.4, -0.2) is 17.6 Å².